The lowest BCUT2D eigenvalue weighted by Gasteiger charge is -2.40. The second-order valence-electron chi connectivity index (χ2n) is 16.7. The van der Waals surface area contributed by atoms with Crippen LogP contribution < -0.4 is 20.5 Å². The molecule has 3 saturated heterocycles. The van der Waals surface area contributed by atoms with Crippen LogP contribution in [-0.2, 0) is 24.3 Å². The molecular formula is C52H53N4O9PS2. The Morgan fingerprint density at radius 1 is 0.794 bits per heavy atom. The summed E-state index contributed by atoms with van der Waals surface area (Å²) in [6.07, 6.45) is 1.34. The van der Waals surface area contributed by atoms with E-state index in [1.54, 1.807) is 63.0 Å². The van der Waals surface area contributed by atoms with Gasteiger partial charge in [0.05, 0.1) is 27.4 Å². The number of amides is 1. The Balaban J connectivity index is 1.08. The van der Waals surface area contributed by atoms with Gasteiger partial charge in [-0.2, -0.15) is 4.98 Å². The lowest BCUT2D eigenvalue weighted by Crippen LogP contribution is -2.49. The first-order valence-corrected chi connectivity index (χ1v) is 26.3. The van der Waals surface area contributed by atoms with Crippen molar-refractivity contribution in [2.45, 2.75) is 49.4 Å². The fourth-order valence-electron chi connectivity index (χ4n) is 8.87. The molecule has 1 aromatic heterocycles. The van der Waals surface area contributed by atoms with Crippen molar-refractivity contribution in [3.05, 3.63) is 190 Å². The van der Waals surface area contributed by atoms with Gasteiger partial charge in [0.15, 0.2) is 13.7 Å². The average Bonchev–Trinajstić information content (AvgIpc) is 4.12. The predicted octanol–water partition coefficient (Wildman–Crippen LogP) is 9.51. The van der Waals surface area contributed by atoms with E-state index < -0.39 is 42.8 Å². The topological polar surface area (TPSA) is 140 Å². The highest BCUT2D eigenvalue weighted by molar-refractivity contribution is 8.53. The lowest BCUT2D eigenvalue weighted by molar-refractivity contribution is -0.203. The third kappa shape index (κ3) is 10.0. The van der Waals surface area contributed by atoms with Crippen LogP contribution in [0.15, 0.2) is 151 Å². The molecule has 3 fully saturated rings. The van der Waals surface area contributed by atoms with Gasteiger partial charge in [-0.15, -0.1) is 0 Å². The number of benzene rings is 5. The summed E-state index contributed by atoms with van der Waals surface area (Å²) in [5, 5.41) is 2.84. The Morgan fingerprint density at radius 2 is 1.37 bits per heavy atom. The summed E-state index contributed by atoms with van der Waals surface area (Å²) >= 11 is 3.00. The van der Waals surface area contributed by atoms with Gasteiger partial charge in [0, 0.05) is 47.5 Å². The number of nitrogens with zero attached hydrogens (tertiary/aromatic N) is 3. The largest absolute Gasteiger partial charge is 0.497 e. The molecule has 4 heterocycles. The van der Waals surface area contributed by atoms with E-state index in [4.69, 9.17) is 28.2 Å². The van der Waals surface area contributed by atoms with Crippen LogP contribution in [0.2, 0.25) is 0 Å². The third-order valence-electron chi connectivity index (χ3n) is 12.4. The van der Waals surface area contributed by atoms with Crippen LogP contribution in [0.3, 0.4) is 0 Å². The van der Waals surface area contributed by atoms with Crippen LogP contribution in [0.25, 0.3) is 0 Å². The van der Waals surface area contributed by atoms with Gasteiger partial charge >= 0.3 is 5.69 Å². The quantitative estimate of drug-likeness (QED) is 0.0469. The standard InChI is InChI=1S/C52H53N4O9PS2/c1-36-33-56(50(59)54-46(36)53-47(57)37-15-7-4-8-16-37)48-44-45(65-66(55-29-13-14-30-55)68-32-31-67-49(58)38-17-9-5-10-18-38)51(64-48,34-62-44)35-63-52(39-19-11-6-12-20-39,40-21-25-42(60-2)26-22-40)41-23-27-43(61-3)28-24-41/h4-12,15-28,33,44-45,48H,13-14,29-32,34-35H2,1-3H3,(H,53,54,57,59)/t44?,45-,48-,51-,66?/m1/s1. The number of nitrogens with one attached hydrogen (secondary N) is 1. The van der Waals surface area contributed by atoms with Crippen LogP contribution in [0.1, 0.15) is 62.0 Å². The fourth-order valence-corrected chi connectivity index (χ4v) is 14.2. The second-order valence-corrected chi connectivity index (χ2v) is 21.4. The number of fused-ring (bicyclic) bond motifs is 2. The Bertz CT molecular complexity index is 2670. The molecular weight excluding hydrogens is 920 g/mol. The van der Waals surface area contributed by atoms with Gasteiger partial charge in [0.2, 0.25) is 5.12 Å². The number of anilines is 1. The number of aryl methyl sites for hydroxylation is 1. The maximum absolute atomic E-state index is 14.2. The molecule has 68 heavy (non-hydrogen) atoms. The van der Waals surface area contributed by atoms with Crippen molar-refractivity contribution in [2.75, 3.05) is 57.3 Å². The first-order valence-electron chi connectivity index (χ1n) is 22.5. The van der Waals surface area contributed by atoms with Gasteiger partial charge in [-0.05, 0) is 72.9 Å². The van der Waals surface area contributed by atoms with Crippen molar-refractivity contribution in [3.8, 4) is 11.5 Å². The first-order chi connectivity index (χ1) is 33.2. The highest BCUT2D eigenvalue weighted by Crippen LogP contribution is 2.61. The van der Waals surface area contributed by atoms with Crippen LogP contribution >= 0.6 is 30.6 Å². The van der Waals surface area contributed by atoms with E-state index in [2.05, 4.69) is 15.0 Å². The van der Waals surface area contributed by atoms with Gasteiger partial charge in [-0.25, -0.2) is 4.79 Å². The second kappa shape index (κ2) is 21.5. The number of carbonyl (C=O) groups excluding carboxylic acids is 2. The first kappa shape index (κ1) is 47.7. The molecule has 1 N–H and O–H groups in total. The van der Waals surface area contributed by atoms with E-state index in [1.807, 2.05) is 115 Å². The normalized spacial score (nSPS) is 20.5. The zero-order chi connectivity index (χ0) is 47.1. The number of carbonyl (C=O) groups is 2. The molecule has 9 rings (SSSR count). The summed E-state index contributed by atoms with van der Waals surface area (Å²) in [4.78, 5) is 44.7. The van der Waals surface area contributed by atoms with E-state index in [0.29, 0.717) is 39.7 Å². The van der Waals surface area contributed by atoms with E-state index in [1.165, 1.54) is 16.3 Å². The minimum absolute atomic E-state index is 0.0146. The minimum Gasteiger partial charge on any atom is -0.497 e. The molecule has 0 spiro atoms. The number of hydrogen-bond acceptors (Lipinski definition) is 13. The maximum Gasteiger partial charge on any atom is 0.351 e. The molecule has 0 saturated carbocycles. The van der Waals surface area contributed by atoms with E-state index in [-0.39, 0.29) is 30.1 Å². The summed E-state index contributed by atoms with van der Waals surface area (Å²) in [7, 11) is 1.98. The van der Waals surface area contributed by atoms with Crippen LogP contribution in [0.5, 0.6) is 11.5 Å². The zero-order valence-corrected chi connectivity index (χ0v) is 40.6. The van der Waals surface area contributed by atoms with Crippen LogP contribution in [-0.4, -0.2) is 95.1 Å². The van der Waals surface area contributed by atoms with Crippen molar-refractivity contribution in [1.29, 1.82) is 0 Å². The third-order valence-corrected chi connectivity index (χ3v) is 17.6. The summed E-state index contributed by atoms with van der Waals surface area (Å²) in [5.41, 5.74) is 1.19. The van der Waals surface area contributed by atoms with Gasteiger partial charge in [-0.3, -0.25) is 18.8 Å². The van der Waals surface area contributed by atoms with Crippen molar-refractivity contribution in [1.82, 2.24) is 14.2 Å². The molecule has 3 aliphatic heterocycles. The molecule has 6 aromatic rings. The molecule has 0 aliphatic carbocycles. The Hall–Kier alpha value is -5.35. The minimum atomic E-state index is -1.29. The Kier molecular flexibility index (Phi) is 15.1. The molecule has 2 bridgehead atoms. The summed E-state index contributed by atoms with van der Waals surface area (Å²) in [6.45, 7) is 3.62. The van der Waals surface area contributed by atoms with Crippen molar-refractivity contribution in [3.63, 3.8) is 0 Å². The van der Waals surface area contributed by atoms with Crippen molar-refractivity contribution in [2.24, 2.45) is 0 Å². The van der Waals surface area contributed by atoms with Gasteiger partial charge < -0.3 is 33.5 Å². The van der Waals surface area contributed by atoms with Gasteiger partial charge in [0.25, 0.3) is 5.91 Å². The van der Waals surface area contributed by atoms with Gasteiger partial charge in [-0.1, -0.05) is 126 Å². The molecule has 5 aromatic carbocycles. The van der Waals surface area contributed by atoms with Crippen molar-refractivity contribution < 1.29 is 37.8 Å². The number of hydrogen-bond donors (Lipinski definition) is 1. The summed E-state index contributed by atoms with van der Waals surface area (Å²) in [5.74, 6) is 2.43. The number of ether oxygens (including phenoxy) is 5. The van der Waals surface area contributed by atoms with E-state index >= 15 is 0 Å². The SMILES string of the molecule is COc1ccc(C(OC[C@@]23COC([C@H](n4cc(C)c(NC(=O)c5ccccc5)nc4=O)O2)[C@H]3OP(SCCSC(=O)c2ccccc2)N2CCCC2)(c2ccccc2)c2ccc(OC)cc2)cc1. The monoisotopic (exact) mass is 972 g/mol. The molecule has 3 aliphatic rings. The predicted molar refractivity (Wildman–Crippen MR) is 267 cm³/mol. The Labute approximate surface area is 405 Å². The molecule has 13 nitrogen and oxygen atoms in total. The van der Waals surface area contributed by atoms with Crippen LogP contribution in [0.4, 0.5) is 5.82 Å². The number of rotatable bonds is 19. The highest BCUT2D eigenvalue weighted by Gasteiger charge is 2.65. The number of aromatic nitrogens is 2. The van der Waals surface area contributed by atoms with Crippen LogP contribution in [0, 0.1) is 6.92 Å². The molecule has 1 amide bonds. The van der Waals surface area contributed by atoms with E-state index in [9.17, 15) is 14.4 Å². The molecule has 16 heteroatoms. The van der Waals surface area contributed by atoms with Gasteiger partial charge in [0.1, 0.15) is 40.7 Å². The lowest BCUT2D eigenvalue weighted by atomic mass is 9.79. The maximum atomic E-state index is 14.2. The number of methoxy groups -OCH3 is 2. The molecule has 0 radical (unpaired) electrons. The van der Waals surface area contributed by atoms with E-state index in [0.717, 1.165) is 42.6 Å². The zero-order valence-electron chi connectivity index (χ0n) is 38.0. The smallest absolute Gasteiger partial charge is 0.351 e. The molecule has 5 atom stereocenters. The Morgan fingerprint density at radius 3 is 1.97 bits per heavy atom. The molecule has 352 valence electrons. The van der Waals surface area contributed by atoms with Crippen molar-refractivity contribution >= 4 is 47.5 Å². The number of thioether (sulfide) groups is 1. The highest BCUT2D eigenvalue weighted by atomic mass is 32.7. The fraction of sp³-hybridized carbons (Fsp3) is 0.308. The molecule has 2 unspecified atom stereocenters. The average molecular weight is 973 g/mol. The summed E-state index contributed by atoms with van der Waals surface area (Å²) in [6, 6.07) is 43.8. The summed E-state index contributed by atoms with van der Waals surface area (Å²) < 4.78 is 43.8.